The van der Waals surface area contributed by atoms with E-state index in [0.29, 0.717) is 24.4 Å². The van der Waals surface area contributed by atoms with Crippen molar-refractivity contribution < 1.29 is 42.6 Å². The molecule has 0 bridgehead atoms. The fraction of sp³-hybridized carbons (Fsp3) is 0.622. The first kappa shape index (κ1) is 36.8. The van der Waals surface area contributed by atoms with Crippen LogP contribution in [0.3, 0.4) is 0 Å². The SMILES string of the molecule is CCCCOc1noc2c1C(=O)[C@@]1(O[Si](C)(C)C(C)(C)C)C(O)=C3C(=O)c4c(OC(=O)OC(C)(C)C)cccc4[C@H](C)[C@H]3C[C@H]1[C@@H]2N(C)C. The highest BCUT2D eigenvalue weighted by atomic mass is 28.4. The van der Waals surface area contributed by atoms with Gasteiger partial charge in [-0.3, -0.25) is 14.5 Å². The molecule has 5 rings (SSSR count). The van der Waals surface area contributed by atoms with Gasteiger partial charge in [-0.25, -0.2) is 4.79 Å². The van der Waals surface area contributed by atoms with E-state index in [1.165, 1.54) is 6.07 Å². The standard InChI is InChI=1S/C37H52N2O9Si/c1-13-14-18-44-33-27-30(47-38-33)28(39(9)10)23-19-22-20(2)21-16-15-17-24(45-34(43)46-35(3,4)5)25(21)29(40)26(22)31(41)37(23,32(27)42)48-49(11,12)36(6,7)8/h15-17,20,22-23,28,41H,13-14,18-19H2,1-12H3/t20-,22+,23-,28-,37-/m0/s1. The van der Waals surface area contributed by atoms with Crippen LogP contribution in [0.15, 0.2) is 34.1 Å². The smallest absolute Gasteiger partial charge is 0.508 e. The van der Waals surface area contributed by atoms with Crippen LogP contribution in [0.1, 0.15) is 119 Å². The number of benzene rings is 1. The molecule has 5 atom stereocenters. The number of fused-ring (bicyclic) bond motifs is 4. The molecular weight excluding hydrogens is 644 g/mol. The monoisotopic (exact) mass is 696 g/mol. The summed E-state index contributed by atoms with van der Waals surface area (Å²) in [6, 6.07) is 4.57. The molecule has 0 aliphatic heterocycles. The van der Waals surface area contributed by atoms with Crippen LogP contribution in [0.25, 0.3) is 0 Å². The summed E-state index contributed by atoms with van der Waals surface area (Å²) < 4.78 is 30.1. The molecule has 1 aromatic carbocycles. The molecule has 268 valence electrons. The van der Waals surface area contributed by atoms with E-state index >= 15 is 4.79 Å². The van der Waals surface area contributed by atoms with Gasteiger partial charge in [0, 0.05) is 11.5 Å². The van der Waals surface area contributed by atoms with Gasteiger partial charge in [0.25, 0.3) is 5.88 Å². The van der Waals surface area contributed by atoms with Crippen LogP contribution in [0.5, 0.6) is 11.6 Å². The highest BCUT2D eigenvalue weighted by Crippen LogP contribution is 2.61. The minimum absolute atomic E-state index is 0.0258. The normalized spacial score (nSPS) is 25.4. The van der Waals surface area contributed by atoms with E-state index < -0.39 is 60.9 Å². The fourth-order valence-corrected chi connectivity index (χ4v) is 8.68. The molecule has 0 saturated carbocycles. The molecular formula is C37H52N2O9Si. The molecule has 2 aromatic rings. The lowest BCUT2D eigenvalue weighted by atomic mass is 9.56. The third-order valence-corrected chi connectivity index (χ3v) is 15.1. The van der Waals surface area contributed by atoms with Crippen molar-refractivity contribution in [3.63, 3.8) is 0 Å². The van der Waals surface area contributed by atoms with E-state index in [1.807, 2.05) is 52.0 Å². The van der Waals surface area contributed by atoms with Gasteiger partial charge >= 0.3 is 6.16 Å². The summed E-state index contributed by atoms with van der Waals surface area (Å²) in [5.74, 6) is -2.42. The number of ketones is 2. The maximum absolute atomic E-state index is 15.2. The Morgan fingerprint density at radius 3 is 2.39 bits per heavy atom. The molecule has 1 aromatic heterocycles. The summed E-state index contributed by atoms with van der Waals surface area (Å²) in [4.78, 5) is 44.7. The number of hydrogen-bond donors (Lipinski definition) is 1. The van der Waals surface area contributed by atoms with Gasteiger partial charge in [0.2, 0.25) is 5.78 Å². The van der Waals surface area contributed by atoms with Crippen LogP contribution in [0, 0.1) is 11.8 Å². The Labute approximate surface area is 290 Å². The molecule has 1 N–H and O–H groups in total. The Balaban J connectivity index is 1.76. The molecule has 0 unspecified atom stereocenters. The zero-order chi connectivity index (χ0) is 36.4. The molecule has 3 aliphatic rings. The van der Waals surface area contributed by atoms with Gasteiger partial charge in [0.1, 0.15) is 22.7 Å². The number of aliphatic hydroxyl groups is 1. The highest BCUT2D eigenvalue weighted by molar-refractivity contribution is 6.74. The van der Waals surface area contributed by atoms with E-state index in [-0.39, 0.29) is 39.3 Å². The third-order valence-electron chi connectivity index (χ3n) is 10.6. The lowest BCUT2D eigenvalue weighted by molar-refractivity contribution is -0.0494. The van der Waals surface area contributed by atoms with Crippen molar-refractivity contribution >= 4 is 26.0 Å². The molecule has 11 nitrogen and oxygen atoms in total. The number of rotatable bonds is 8. The van der Waals surface area contributed by atoms with Gasteiger partial charge in [0.05, 0.1) is 18.2 Å². The Hall–Kier alpha value is -3.48. The number of carbonyl (C=O) groups excluding carboxylic acids is 3. The minimum atomic E-state index is -2.85. The first-order chi connectivity index (χ1) is 22.7. The second-order valence-corrected chi connectivity index (χ2v) is 21.1. The van der Waals surface area contributed by atoms with E-state index in [4.69, 9.17) is 23.2 Å². The number of carbonyl (C=O) groups is 3. The zero-order valence-corrected chi connectivity index (χ0v) is 32.0. The summed E-state index contributed by atoms with van der Waals surface area (Å²) in [6.07, 6.45) is 1.01. The molecule has 1 heterocycles. The summed E-state index contributed by atoms with van der Waals surface area (Å²) in [5, 5.41) is 16.6. The van der Waals surface area contributed by atoms with Gasteiger partial charge in [-0.15, -0.1) is 0 Å². The average molecular weight is 697 g/mol. The number of hydrogen-bond acceptors (Lipinski definition) is 11. The summed E-state index contributed by atoms with van der Waals surface area (Å²) >= 11 is 0. The molecule has 0 fully saturated rings. The maximum atomic E-state index is 15.2. The number of unbranched alkanes of at least 4 members (excludes halogenated alkanes) is 1. The minimum Gasteiger partial charge on any atom is -0.508 e. The van der Waals surface area contributed by atoms with Crippen molar-refractivity contribution in [2.75, 3.05) is 20.7 Å². The third kappa shape index (κ3) is 6.14. The Bertz CT molecular complexity index is 1680. The quantitative estimate of drug-likeness (QED) is 0.124. The zero-order valence-electron chi connectivity index (χ0n) is 31.0. The topological polar surface area (TPSA) is 138 Å². The number of aliphatic hydroxyl groups excluding tert-OH is 1. The summed E-state index contributed by atoms with van der Waals surface area (Å²) in [6.45, 7) is 19.7. The van der Waals surface area contributed by atoms with Crippen molar-refractivity contribution in [1.82, 2.24) is 10.1 Å². The molecule has 0 radical (unpaired) electrons. The lowest BCUT2D eigenvalue weighted by Gasteiger charge is -2.55. The van der Waals surface area contributed by atoms with Gasteiger partial charge in [-0.1, -0.05) is 53.2 Å². The Kier molecular flexibility index (Phi) is 9.52. The van der Waals surface area contributed by atoms with Crippen molar-refractivity contribution in [2.24, 2.45) is 11.8 Å². The second kappa shape index (κ2) is 12.7. The van der Waals surface area contributed by atoms with Gasteiger partial charge in [-0.2, -0.15) is 0 Å². The average Bonchev–Trinajstić information content (AvgIpc) is 3.38. The number of nitrogens with zero attached hydrogens (tertiary/aromatic N) is 2. The van der Waals surface area contributed by atoms with E-state index in [9.17, 15) is 14.7 Å². The fourth-order valence-electron chi connectivity index (χ4n) is 7.23. The van der Waals surface area contributed by atoms with Gasteiger partial charge in [-0.05, 0) is 94.5 Å². The number of allylic oxidation sites excluding steroid dienone is 1. The van der Waals surface area contributed by atoms with E-state index in [1.54, 1.807) is 26.8 Å². The van der Waals surface area contributed by atoms with Crippen LogP contribution in [-0.2, 0) is 9.16 Å². The van der Waals surface area contributed by atoms with Crippen LogP contribution in [0.4, 0.5) is 4.79 Å². The number of ether oxygens (including phenoxy) is 3. The largest absolute Gasteiger partial charge is 0.514 e. The number of Topliss-reactive ketones (excluding diaryl/α,β-unsaturated/α-hetero) is 2. The van der Waals surface area contributed by atoms with Crippen LogP contribution < -0.4 is 9.47 Å². The van der Waals surface area contributed by atoms with E-state index in [2.05, 4.69) is 25.9 Å². The molecule has 0 amide bonds. The summed E-state index contributed by atoms with van der Waals surface area (Å²) in [7, 11) is 0.931. The van der Waals surface area contributed by atoms with Gasteiger partial charge in [0.15, 0.2) is 25.5 Å². The van der Waals surface area contributed by atoms with Crippen molar-refractivity contribution in [3.05, 3.63) is 52.0 Å². The van der Waals surface area contributed by atoms with Gasteiger partial charge < -0.3 is 28.3 Å². The molecule has 3 aliphatic carbocycles. The Morgan fingerprint density at radius 2 is 1.80 bits per heavy atom. The van der Waals surface area contributed by atoms with Crippen molar-refractivity contribution in [2.45, 2.75) is 116 Å². The number of aromatic nitrogens is 1. The van der Waals surface area contributed by atoms with Crippen molar-refractivity contribution in [3.8, 4) is 11.6 Å². The highest BCUT2D eigenvalue weighted by Gasteiger charge is 2.67. The first-order valence-corrected chi connectivity index (χ1v) is 20.1. The molecule has 0 saturated heterocycles. The first-order valence-electron chi connectivity index (χ1n) is 17.2. The Morgan fingerprint density at radius 1 is 1.12 bits per heavy atom. The predicted octanol–water partition coefficient (Wildman–Crippen LogP) is 8.18. The van der Waals surface area contributed by atoms with E-state index in [0.717, 1.165) is 12.8 Å². The molecule has 0 spiro atoms. The summed E-state index contributed by atoms with van der Waals surface area (Å²) in [5.41, 5.74) is -1.69. The lowest BCUT2D eigenvalue weighted by Crippen LogP contribution is -2.65. The maximum Gasteiger partial charge on any atom is 0.514 e. The van der Waals surface area contributed by atoms with Crippen LogP contribution in [0.2, 0.25) is 18.1 Å². The van der Waals surface area contributed by atoms with Crippen molar-refractivity contribution in [1.29, 1.82) is 0 Å². The van der Waals surface area contributed by atoms with Crippen LogP contribution >= 0.6 is 0 Å². The van der Waals surface area contributed by atoms with Crippen LogP contribution in [-0.4, -0.2) is 73.1 Å². The molecule has 12 heteroatoms. The second-order valence-electron chi connectivity index (χ2n) is 16.4. The molecule has 49 heavy (non-hydrogen) atoms. The predicted molar refractivity (Wildman–Crippen MR) is 186 cm³/mol.